The van der Waals surface area contributed by atoms with Gasteiger partial charge in [0.05, 0.1) is 6.04 Å². The third kappa shape index (κ3) is 1.15. The second kappa shape index (κ2) is 2.68. The maximum Gasteiger partial charge on any atom is 0.0519 e. The maximum absolute atomic E-state index is 4.08. The molecule has 1 fully saturated rings. The van der Waals surface area contributed by atoms with Crippen molar-refractivity contribution in [3.05, 3.63) is 0 Å². The first kappa shape index (κ1) is 6.88. The Hall–Kier alpha value is 0.200. The zero-order valence-corrected chi connectivity index (χ0v) is 7.91. The summed E-state index contributed by atoms with van der Waals surface area (Å²) in [6.45, 7) is 0. The number of rotatable bonds is 0. The molecule has 0 bridgehead atoms. The number of alkyl halides is 1. The van der Waals surface area contributed by atoms with Gasteiger partial charge in [0.15, 0.2) is 0 Å². The Morgan fingerprint density at radius 3 is 3.30 bits per heavy atom. The predicted molar refractivity (Wildman–Crippen MR) is 50.6 cm³/mol. The molecule has 56 valence electrons. The SMILES string of the molecule is IC1CC[C@@H]2NN=CC2C1. The summed E-state index contributed by atoms with van der Waals surface area (Å²) in [7, 11) is 0. The number of nitrogens with one attached hydrogen (secondary N) is 1. The van der Waals surface area contributed by atoms with Gasteiger partial charge in [0.2, 0.25) is 0 Å². The van der Waals surface area contributed by atoms with Gasteiger partial charge in [0.25, 0.3) is 0 Å². The summed E-state index contributed by atoms with van der Waals surface area (Å²) < 4.78 is 0.880. The first-order valence-corrected chi connectivity index (χ1v) is 5.03. The molecule has 0 saturated heterocycles. The minimum atomic E-state index is 0.672. The smallest absolute Gasteiger partial charge is 0.0519 e. The summed E-state index contributed by atoms with van der Waals surface area (Å²) in [6.07, 6.45) is 6.06. The van der Waals surface area contributed by atoms with Crippen molar-refractivity contribution in [2.75, 3.05) is 0 Å². The van der Waals surface area contributed by atoms with Crippen LogP contribution in [0.25, 0.3) is 0 Å². The van der Waals surface area contributed by atoms with Crippen LogP contribution in [0.2, 0.25) is 0 Å². The monoisotopic (exact) mass is 250 g/mol. The van der Waals surface area contributed by atoms with Crippen LogP contribution in [0.5, 0.6) is 0 Å². The van der Waals surface area contributed by atoms with E-state index in [1.807, 2.05) is 0 Å². The lowest BCUT2D eigenvalue weighted by Crippen LogP contribution is -2.33. The fraction of sp³-hybridized carbons (Fsp3) is 0.857. The highest BCUT2D eigenvalue weighted by Gasteiger charge is 2.30. The lowest BCUT2D eigenvalue weighted by molar-refractivity contribution is 0.369. The van der Waals surface area contributed by atoms with E-state index < -0.39 is 0 Å². The van der Waals surface area contributed by atoms with Crippen LogP contribution in [0.4, 0.5) is 0 Å². The minimum Gasteiger partial charge on any atom is -0.307 e. The predicted octanol–water partition coefficient (Wildman–Crippen LogP) is 1.55. The molecular weight excluding hydrogens is 239 g/mol. The lowest BCUT2D eigenvalue weighted by atomic mass is 9.87. The molecule has 0 radical (unpaired) electrons. The Morgan fingerprint density at radius 2 is 2.40 bits per heavy atom. The second-order valence-electron chi connectivity index (χ2n) is 3.09. The molecule has 1 N–H and O–H groups in total. The molecule has 0 aromatic carbocycles. The zero-order valence-electron chi connectivity index (χ0n) is 5.76. The highest BCUT2D eigenvalue weighted by molar-refractivity contribution is 14.1. The Morgan fingerprint density at radius 1 is 1.50 bits per heavy atom. The average molecular weight is 250 g/mol. The average Bonchev–Trinajstić information content (AvgIpc) is 2.33. The number of halogens is 1. The molecule has 0 aromatic heterocycles. The van der Waals surface area contributed by atoms with E-state index in [1.54, 1.807) is 0 Å². The van der Waals surface area contributed by atoms with Gasteiger partial charge in [-0.15, -0.1) is 0 Å². The minimum absolute atomic E-state index is 0.672. The van der Waals surface area contributed by atoms with Crippen LogP contribution in [0.3, 0.4) is 0 Å². The van der Waals surface area contributed by atoms with Gasteiger partial charge in [-0.05, 0) is 19.3 Å². The first-order chi connectivity index (χ1) is 4.86. The zero-order chi connectivity index (χ0) is 6.97. The molecule has 10 heavy (non-hydrogen) atoms. The van der Waals surface area contributed by atoms with Crippen molar-refractivity contribution < 1.29 is 0 Å². The molecule has 2 unspecified atom stereocenters. The largest absolute Gasteiger partial charge is 0.307 e. The molecule has 2 nitrogen and oxygen atoms in total. The molecule has 1 aliphatic heterocycles. The van der Waals surface area contributed by atoms with Gasteiger partial charge < -0.3 is 5.43 Å². The Balaban J connectivity index is 2.01. The summed E-state index contributed by atoms with van der Waals surface area (Å²) in [5.41, 5.74) is 3.15. The quantitative estimate of drug-likeness (QED) is 0.512. The van der Waals surface area contributed by atoms with Crippen molar-refractivity contribution >= 4 is 28.8 Å². The summed E-state index contributed by atoms with van der Waals surface area (Å²) in [5.74, 6) is 0.732. The summed E-state index contributed by atoms with van der Waals surface area (Å²) in [6, 6.07) is 0.672. The van der Waals surface area contributed by atoms with E-state index in [0.29, 0.717) is 6.04 Å². The van der Waals surface area contributed by atoms with Crippen LogP contribution in [-0.4, -0.2) is 16.2 Å². The fourth-order valence-electron chi connectivity index (χ4n) is 1.71. The van der Waals surface area contributed by atoms with Gasteiger partial charge >= 0.3 is 0 Å². The molecule has 0 aromatic rings. The molecule has 1 heterocycles. The number of hydrogen-bond acceptors (Lipinski definition) is 2. The number of hydrogen-bond donors (Lipinski definition) is 1. The summed E-state index contributed by atoms with van der Waals surface area (Å²) in [5, 5.41) is 4.08. The van der Waals surface area contributed by atoms with Gasteiger partial charge in [-0.1, -0.05) is 22.6 Å². The van der Waals surface area contributed by atoms with E-state index in [-0.39, 0.29) is 0 Å². The molecule has 3 atom stereocenters. The molecule has 2 aliphatic rings. The van der Waals surface area contributed by atoms with Crippen molar-refractivity contribution in [3.8, 4) is 0 Å². The number of hydrazone groups is 1. The number of fused-ring (bicyclic) bond motifs is 1. The van der Waals surface area contributed by atoms with Crippen molar-refractivity contribution in [3.63, 3.8) is 0 Å². The molecule has 1 saturated carbocycles. The van der Waals surface area contributed by atoms with Gasteiger partial charge in [-0.2, -0.15) is 5.10 Å². The van der Waals surface area contributed by atoms with Gasteiger partial charge in [-0.3, -0.25) is 0 Å². The summed E-state index contributed by atoms with van der Waals surface area (Å²) in [4.78, 5) is 0. The lowest BCUT2D eigenvalue weighted by Gasteiger charge is -2.26. The van der Waals surface area contributed by atoms with E-state index in [9.17, 15) is 0 Å². The normalized spacial score (nSPS) is 44.7. The van der Waals surface area contributed by atoms with Gasteiger partial charge in [0.1, 0.15) is 0 Å². The van der Waals surface area contributed by atoms with E-state index in [2.05, 4.69) is 39.3 Å². The van der Waals surface area contributed by atoms with Crippen LogP contribution in [-0.2, 0) is 0 Å². The highest BCUT2D eigenvalue weighted by Crippen LogP contribution is 2.30. The highest BCUT2D eigenvalue weighted by atomic mass is 127. The van der Waals surface area contributed by atoms with E-state index in [1.165, 1.54) is 19.3 Å². The topological polar surface area (TPSA) is 24.4 Å². The van der Waals surface area contributed by atoms with E-state index in [4.69, 9.17) is 0 Å². The fourth-order valence-corrected chi connectivity index (χ4v) is 2.66. The van der Waals surface area contributed by atoms with Crippen LogP contribution < -0.4 is 5.43 Å². The van der Waals surface area contributed by atoms with Crippen molar-refractivity contribution in [2.45, 2.75) is 29.2 Å². The Kier molecular flexibility index (Phi) is 1.84. The maximum atomic E-state index is 4.08. The number of nitrogens with zero attached hydrogens (tertiary/aromatic N) is 1. The third-order valence-corrected chi connectivity index (χ3v) is 3.47. The van der Waals surface area contributed by atoms with Crippen LogP contribution in [0.1, 0.15) is 19.3 Å². The van der Waals surface area contributed by atoms with Crippen molar-refractivity contribution in [1.29, 1.82) is 0 Å². The van der Waals surface area contributed by atoms with Crippen LogP contribution in [0, 0.1) is 5.92 Å². The molecule has 2 rings (SSSR count). The first-order valence-electron chi connectivity index (χ1n) is 3.79. The third-order valence-electron chi connectivity index (χ3n) is 2.34. The Labute approximate surface area is 74.6 Å². The van der Waals surface area contributed by atoms with Crippen LogP contribution >= 0.6 is 22.6 Å². The van der Waals surface area contributed by atoms with Crippen LogP contribution in [0.15, 0.2) is 5.10 Å². The Bertz CT molecular complexity index is 158. The molecule has 1 aliphatic carbocycles. The van der Waals surface area contributed by atoms with Gasteiger partial charge in [0, 0.05) is 16.1 Å². The van der Waals surface area contributed by atoms with Crippen molar-refractivity contribution in [2.24, 2.45) is 11.0 Å². The second-order valence-corrected chi connectivity index (χ2v) is 4.85. The van der Waals surface area contributed by atoms with Crippen molar-refractivity contribution in [1.82, 2.24) is 5.43 Å². The molecule has 3 heteroatoms. The molecule has 0 amide bonds. The van der Waals surface area contributed by atoms with E-state index >= 15 is 0 Å². The molecular formula is C7H11IN2. The van der Waals surface area contributed by atoms with E-state index in [0.717, 1.165) is 9.84 Å². The summed E-state index contributed by atoms with van der Waals surface area (Å²) >= 11 is 2.54. The van der Waals surface area contributed by atoms with Gasteiger partial charge in [-0.25, -0.2) is 0 Å². The molecule has 0 spiro atoms. The standard InChI is InChI=1S/C7H11IN2/c8-6-1-2-7-5(3-6)4-9-10-7/h4-7,10H,1-3H2/t5?,6?,7-/m0/s1.